The molecule has 5 heteroatoms. The van der Waals surface area contributed by atoms with Crippen molar-refractivity contribution in [3.05, 3.63) is 30.1 Å². The maximum absolute atomic E-state index is 4.29. The van der Waals surface area contributed by atoms with Crippen LogP contribution in [0.2, 0.25) is 0 Å². The smallest absolute Gasteiger partial charge is 0.191 e. The minimum atomic E-state index is 0.701. The van der Waals surface area contributed by atoms with Crippen LogP contribution in [0.5, 0.6) is 0 Å². The molecule has 2 N–H and O–H groups in total. The van der Waals surface area contributed by atoms with Gasteiger partial charge in [-0.05, 0) is 37.6 Å². The molecule has 1 unspecified atom stereocenters. The van der Waals surface area contributed by atoms with Crippen molar-refractivity contribution in [2.45, 2.75) is 19.9 Å². The maximum atomic E-state index is 4.29. The maximum Gasteiger partial charge on any atom is 0.191 e. The van der Waals surface area contributed by atoms with Crippen molar-refractivity contribution in [2.75, 3.05) is 33.2 Å². The summed E-state index contributed by atoms with van der Waals surface area (Å²) in [5.74, 6) is 1.58. The molecular weight excluding hydrogens is 250 g/mol. The number of hydrogen-bond acceptors (Lipinski definition) is 3. The summed E-state index contributed by atoms with van der Waals surface area (Å²) in [6.07, 6.45) is 3.09. The molecule has 110 valence electrons. The van der Waals surface area contributed by atoms with Crippen LogP contribution in [-0.2, 0) is 6.54 Å². The molecule has 1 aromatic heterocycles. The van der Waals surface area contributed by atoms with E-state index >= 15 is 0 Å². The fourth-order valence-corrected chi connectivity index (χ4v) is 2.51. The zero-order chi connectivity index (χ0) is 14.2. The molecule has 1 atom stereocenters. The number of aliphatic imine (C=N–C) groups is 1. The summed E-state index contributed by atoms with van der Waals surface area (Å²) in [6, 6.07) is 5.94. The van der Waals surface area contributed by atoms with Crippen LogP contribution in [0.3, 0.4) is 0 Å². The van der Waals surface area contributed by atoms with E-state index in [-0.39, 0.29) is 0 Å². The molecule has 1 aromatic rings. The van der Waals surface area contributed by atoms with E-state index in [1.807, 2.05) is 24.4 Å². The van der Waals surface area contributed by atoms with Gasteiger partial charge in [0.2, 0.25) is 0 Å². The molecule has 1 fully saturated rings. The van der Waals surface area contributed by atoms with Crippen molar-refractivity contribution >= 4 is 5.96 Å². The van der Waals surface area contributed by atoms with Crippen molar-refractivity contribution < 1.29 is 0 Å². The molecule has 0 saturated carbocycles. The summed E-state index contributed by atoms with van der Waals surface area (Å²) in [4.78, 5) is 11.0. The third-order valence-electron chi connectivity index (χ3n) is 3.76. The van der Waals surface area contributed by atoms with Gasteiger partial charge >= 0.3 is 0 Å². The summed E-state index contributed by atoms with van der Waals surface area (Å²) in [5, 5.41) is 6.71. The Morgan fingerprint density at radius 1 is 1.45 bits per heavy atom. The van der Waals surface area contributed by atoms with Crippen LogP contribution in [-0.4, -0.2) is 49.1 Å². The first-order chi connectivity index (χ1) is 9.81. The third-order valence-corrected chi connectivity index (χ3v) is 3.76. The lowest BCUT2D eigenvalue weighted by molar-refractivity contribution is 0.342. The summed E-state index contributed by atoms with van der Waals surface area (Å²) < 4.78 is 0. The molecule has 0 spiro atoms. The summed E-state index contributed by atoms with van der Waals surface area (Å²) in [5.41, 5.74) is 1.02. The normalized spacial score (nSPS) is 20.1. The van der Waals surface area contributed by atoms with Gasteiger partial charge in [-0.3, -0.25) is 9.98 Å². The molecule has 1 saturated heterocycles. The van der Waals surface area contributed by atoms with Crippen molar-refractivity contribution in [1.29, 1.82) is 0 Å². The third kappa shape index (κ3) is 4.49. The van der Waals surface area contributed by atoms with E-state index in [1.54, 1.807) is 7.05 Å². The van der Waals surface area contributed by atoms with Crippen LogP contribution in [0.4, 0.5) is 0 Å². The van der Waals surface area contributed by atoms with E-state index in [4.69, 9.17) is 0 Å². The Balaban J connectivity index is 1.71. The number of likely N-dealkylation sites (tertiary alicyclic amines) is 1. The Morgan fingerprint density at radius 3 is 3.00 bits per heavy atom. The highest BCUT2D eigenvalue weighted by molar-refractivity contribution is 5.79. The number of aromatic nitrogens is 1. The predicted molar refractivity (Wildman–Crippen MR) is 82.7 cm³/mol. The van der Waals surface area contributed by atoms with Crippen LogP contribution in [0.1, 0.15) is 19.0 Å². The molecule has 2 heterocycles. The SMILES string of the molecule is CCN1CCC(CNC(=NC)NCc2ccccn2)C1. The number of pyridine rings is 1. The van der Waals surface area contributed by atoms with Gasteiger partial charge in [-0.15, -0.1) is 0 Å². The largest absolute Gasteiger partial charge is 0.356 e. The highest BCUT2D eigenvalue weighted by Gasteiger charge is 2.20. The molecule has 0 radical (unpaired) electrons. The first-order valence-corrected chi connectivity index (χ1v) is 7.38. The van der Waals surface area contributed by atoms with Gasteiger partial charge in [-0.1, -0.05) is 13.0 Å². The monoisotopic (exact) mass is 275 g/mol. The van der Waals surface area contributed by atoms with Gasteiger partial charge in [-0.2, -0.15) is 0 Å². The summed E-state index contributed by atoms with van der Waals surface area (Å²) in [6.45, 7) is 7.49. The second kappa shape index (κ2) is 7.85. The van der Waals surface area contributed by atoms with Crippen LogP contribution in [0, 0.1) is 5.92 Å². The molecule has 1 aliphatic rings. The zero-order valence-electron chi connectivity index (χ0n) is 12.5. The topological polar surface area (TPSA) is 52.5 Å². The van der Waals surface area contributed by atoms with Crippen molar-refractivity contribution in [1.82, 2.24) is 20.5 Å². The Bertz CT molecular complexity index is 418. The molecule has 0 aliphatic carbocycles. The average Bonchev–Trinajstić information content (AvgIpc) is 2.96. The van der Waals surface area contributed by atoms with E-state index < -0.39 is 0 Å². The van der Waals surface area contributed by atoms with Crippen LogP contribution >= 0.6 is 0 Å². The minimum absolute atomic E-state index is 0.701. The first kappa shape index (κ1) is 14.8. The number of nitrogens with one attached hydrogen (secondary N) is 2. The van der Waals surface area contributed by atoms with Gasteiger partial charge in [0.1, 0.15) is 0 Å². The van der Waals surface area contributed by atoms with E-state index in [0.717, 1.165) is 30.7 Å². The lowest BCUT2D eigenvalue weighted by Crippen LogP contribution is -2.40. The molecule has 0 aromatic carbocycles. The van der Waals surface area contributed by atoms with Crippen LogP contribution < -0.4 is 10.6 Å². The highest BCUT2D eigenvalue weighted by Crippen LogP contribution is 2.14. The second-order valence-corrected chi connectivity index (χ2v) is 5.18. The van der Waals surface area contributed by atoms with Gasteiger partial charge in [-0.25, -0.2) is 0 Å². The van der Waals surface area contributed by atoms with Crippen LogP contribution in [0.15, 0.2) is 29.4 Å². The van der Waals surface area contributed by atoms with Crippen molar-refractivity contribution in [3.8, 4) is 0 Å². The number of nitrogens with zero attached hydrogens (tertiary/aromatic N) is 3. The fraction of sp³-hybridized carbons (Fsp3) is 0.600. The number of rotatable bonds is 5. The quantitative estimate of drug-likeness (QED) is 0.624. The number of guanidine groups is 1. The Morgan fingerprint density at radius 2 is 2.35 bits per heavy atom. The molecule has 5 nitrogen and oxygen atoms in total. The molecule has 20 heavy (non-hydrogen) atoms. The van der Waals surface area contributed by atoms with E-state index in [2.05, 4.69) is 32.4 Å². The van der Waals surface area contributed by atoms with E-state index in [1.165, 1.54) is 19.5 Å². The molecule has 0 amide bonds. The molecule has 0 bridgehead atoms. The number of hydrogen-bond donors (Lipinski definition) is 2. The predicted octanol–water partition coefficient (Wildman–Crippen LogP) is 1.09. The van der Waals surface area contributed by atoms with Gasteiger partial charge < -0.3 is 15.5 Å². The van der Waals surface area contributed by atoms with Gasteiger partial charge in [0.15, 0.2) is 5.96 Å². The lowest BCUT2D eigenvalue weighted by atomic mass is 10.1. The second-order valence-electron chi connectivity index (χ2n) is 5.18. The molecule has 2 rings (SSSR count). The molecule has 1 aliphatic heterocycles. The Labute approximate surface area is 121 Å². The lowest BCUT2D eigenvalue weighted by Gasteiger charge is -2.16. The summed E-state index contributed by atoms with van der Waals surface area (Å²) in [7, 11) is 1.81. The fourth-order valence-electron chi connectivity index (χ4n) is 2.51. The average molecular weight is 275 g/mol. The van der Waals surface area contributed by atoms with Gasteiger partial charge in [0.25, 0.3) is 0 Å². The highest BCUT2D eigenvalue weighted by atomic mass is 15.2. The summed E-state index contributed by atoms with van der Waals surface area (Å²) >= 11 is 0. The van der Waals surface area contributed by atoms with Crippen molar-refractivity contribution in [3.63, 3.8) is 0 Å². The zero-order valence-corrected chi connectivity index (χ0v) is 12.5. The van der Waals surface area contributed by atoms with Crippen molar-refractivity contribution in [2.24, 2.45) is 10.9 Å². The van der Waals surface area contributed by atoms with E-state index in [0.29, 0.717) is 6.54 Å². The Kier molecular flexibility index (Phi) is 5.80. The molecular formula is C15H25N5. The standard InChI is InChI=1S/C15H25N5/c1-3-20-9-7-13(12-20)10-18-15(16-2)19-11-14-6-4-5-8-17-14/h4-6,8,13H,3,7,9-12H2,1-2H3,(H2,16,18,19). The minimum Gasteiger partial charge on any atom is -0.356 e. The first-order valence-electron chi connectivity index (χ1n) is 7.38. The Hall–Kier alpha value is -1.62. The van der Waals surface area contributed by atoms with Gasteiger partial charge in [0, 0.05) is 26.3 Å². The van der Waals surface area contributed by atoms with Crippen LogP contribution in [0.25, 0.3) is 0 Å². The van der Waals surface area contributed by atoms with E-state index in [9.17, 15) is 0 Å². The van der Waals surface area contributed by atoms with Gasteiger partial charge in [0.05, 0.1) is 12.2 Å².